The highest BCUT2D eigenvalue weighted by Crippen LogP contribution is 2.19. The molecule has 1 rings (SSSR count). The van der Waals surface area contributed by atoms with Crippen molar-refractivity contribution in [1.29, 1.82) is 0 Å². The summed E-state index contributed by atoms with van der Waals surface area (Å²) in [6.07, 6.45) is 0.327. The fraction of sp³-hybridized carbons (Fsp3) is 0.300. The third kappa shape index (κ3) is 2.80. The first-order valence-corrected chi connectivity index (χ1v) is 5.50. The van der Waals surface area contributed by atoms with E-state index in [0.717, 1.165) is 4.47 Å². The van der Waals surface area contributed by atoms with E-state index in [1.54, 1.807) is 18.2 Å². The molecule has 2 nitrogen and oxygen atoms in total. The van der Waals surface area contributed by atoms with Gasteiger partial charge in [-0.2, -0.15) is 0 Å². The van der Waals surface area contributed by atoms with Gasteiger partial charge in [-0.15, -0.1) is 11.6 Å². The number of hydrogen-bond donors (Lipinski definition) is 1. The maximum atomic E-state index is 11.4. The predicted molar refractivity (Wildman–Crippen MR) is 59.7 cm³/mol. The maximum absolute atomic E-state index is 11.4. The van der Waals surface area contributed by atoms with Crippen LogP contribution in [-0.2, 0) is 6.61 Å². The molecule has 0 amide bonds. The van der Waals surface area contributed by atoms with Gasteiger partial charge >= 0.3 is 0 Å². The summed E-state index contributed by atoms with van der Waals surface area (Å²) < 4.78 is 0.808. The van der Waals surface area contributed by atoms with E-state index >= 15 is 0 Å². The van der Waals surface area contributed by atoms with Crippen LogP contribution in [0.4, 0.5) is 0 Å². The van der Waals surface area contributed by atoms with E-state index in [1.807, 2.05) is 0 Å². The maximum Gasteiger partial charge on any atom is 0.164 e. The van der Waals surface area contributed by atoms with Gasteiger partial charge in [0.25, 0.3) is 0 Å². The molecule has 0 heterocycles. The predicted octanol–water partition coefficient (Wildman–Crippen LogP) is 2.75. The van der Waals surface area contributed by atoms with Crippen molar-refractivity contribution in [2.24, 2.45) is 0 Å². The number of aliphatic hydroxyl groups is 1. The monoisotopic (exact) mass is 276 g/mol. The van der Waals surface area contributed by atoms with Crippen molar-refractivity contribution in [1.82, 2.24) is 0 Å². The molecule has 14 heavy (non-hydrogen) atoms. The zero-order valence-corrected chi connectivity index (χ0v) is 9.81. The molecule has 4 heteroatoms. The van der Waals surface area contributed by atoms with E-state index < -0.39 is 0 Å². The van der Waals surface area contributed by atoms with Crippen molar-refractivity contribution in [2.45, 2.75) is 13.0 Å². The molecule has 1 N–H and O–H groups in total. The average Bonchev–Trinajstić information content (AvgIpc) is 2.19. The molecule has 76 valence electrons. The molecule has 0 fully saturated rings. The Morgan fingerprint density at radius 1 is 1.50 bits per heavy atom. The van der Waals surface area contributed by atoms with Crippen LogP contribution in [0, 0.1) is 0 Å². The zero-order chi connectivity index (χ0) is 10.6. The molecule has 0 aliphatic carbocycles. The molecule has 0 aliphatic rings. The van der Waals surface area contributed by atoms with Gasteiger partial charge in [0.1, 0.15) is 0 Å². The van der Waals surface area contributed by atoms with Gasteiger partial charge in [-0.1, -0.05) is 22.0 Å². The lowest BCUT2D eigenvalue weighted by Gasteiger charge is -2.03. The molecule has 1 aromatic carbocycles. The lowest BCUT2D eigenvalue weighted by Crippen LogP contribution is -2.01. The van der Waals surface area contributed by atoms with Crippen LogP contribution in [0.1, 0.15) is 22.3 Å². The highest BCUT2D eigenvalue weighted by Gasteiger charge is 2.07. The first kappa shape index (κ1) is 11.7. The van der Waals surface area contributed by atoms with Gasteiger partial charge in [0.05, 0.1) is 6.61 Å². The van der Waals surface area contributed by atoms with Crippen LogP contribution >= 0.6 is 27.5 Å². The van der Waals surface area contributed by atoms with E-state index in [-0.39, 0.29) is 12.4 Å². The van der Waals surface area contributed by atoms with Gasteiger partial charge in [-0.05, 0) is 17.7 Å². The largest absolute Gasteiger partial charge is 0.392 e. The summed E-state index contributed by atoms with van der Waals surface area (Å²) in [6, 6.07) is 5.16. The zero-order valence-electron chi connectivity index (χ0n) is 7.46. The summed E-state index contributed by atoms with van der Waals surface area (Å²) in [5.41, 5.74) is 1.31. The first-order chi connectivity index (χ1) is 6.69. The second-order valence-corrected chi connectivity index (χ2v) is 4.06. The highest BCUT2D eigenvalue weighted by molar-refractivity contribution is 9.10. The quantitative estimate of drug-likeness (QED) is 0.679. The van der Waals surface area contributed by atoms with Crippen LogP contribution in [0.3, 0.4) is 0 Å². The summed E-state index contributed by atoms with van der Waals surface area (Å²) in [5, 5.41) is 8.99. The number of carbonyl (C=O) groups is 1. The van der Waals surface area contributed by atoms with Crippen LogP contribution in [0.5, 0.6) is 0 Å². The minimum Gasteiger partial charge on any atom is -0.392 e. The molecule has 0 unspecified atom stereocenters. The molecular weight excluding hydrogens is 267 g/mol. The smallest absolute Gasteiger partial charge is 0.164 e. The molecule has 0 bridgehead atoms. The summed E-state index contributed by atoms with van der Waals surface area (Å²) in [6.45, 7) is -0.0808. The number of carbonyl (C=O) groups excluding carboxylic acids is 1. The van der Waals surface area contributed by atoms with Crippen molar-refractivity contribution in [2.75, 3.05) is 5.88 Å². The number of aliphatic hydroxyl groups excluding tert-OH is 1. The van der Waals surface area contributed by atoms with Crippen molar-refractivity contribution in [3.63, 3.8) is 0 Å². The van der Waals surface area contributed by atoms with E-state index in [4.69, 9.17) is 16.7 Å². The van der Waals surface area contributed by atoms with E-state index in [0.29, 0.717) is 23.4 Å². The Morgan fingerprint density at radius 2 is 2.21 bits per heavy atom. The lowest BCUT2D eigenvalue weighted by atomic mass is 10.1. The third-order valence-electron chi connectivity index (χ3n) is 1.86. The van der Waals surface area contributed by atoms with E-state index in [1.165, 1.54) is 0 Å². The van der Waals surface area contributed by atoms with Gasteiger partial charge in [0.15, 0.2) is 5.78 Å². The topological polar surface area (TPSA) is 37.3 Å². The summed E-state index contributed by atoms with van der Waals surface area (Å²) in [4.78, 5) is 11.4. The van der Waals surface area contributed by atoms with Gasteiger partial charge in [0, 0.05) is 22.3 Å². The van der Waals surface area contributed by atoms with E-state index in [2.05, 4.69) is 15.9 Å². The number of benzene rings is 1. The lowest BCUT2D eigenvalue weighted by molar-refractivity contribution is 0.0989. The van der Waals surface area contributed by atoms with Gasteiger partial charge in [-0.25, -0.2) is 0 Å². The summed E-state index contributed by atoms with van der Waals surface area (Å²) in [5.74, 6) is 0.325. The minimum absolute atomic E-state index is 0.00204. The third-order valence-corrected chi connectivity index (χ3v) is 2.82. The van der Waals surface area contributed by atoms with Crippen molar-refractivity contribution in [3.8, 4) is 0 Å². The molecule has 0 aliphatic heterocycles. The molecule has 0 radical (unpaired) electrons. The Kier molecular flexibility index (Phi) is 4.58. The summed E-state index contributed by atoms with van der Waals surface area (Å²) >= 11 is 8.75. The standard InChI is InChI=1S/C10H10BrClO2/c11-9-2-1-7(5-8(9)6-13)10(14)3-4-12/h1-2,5,13H,3-4,6H2. The molecule has 0 atom stereocenters. The highest BCUT2D eigenvalue weighted by atomic mass is 79.9. The van der Waals surface area contributed by atoms with Gasteiger partial charge in [-0.3, -0.25) is 4.79 Å². The Morgan fingerprint density at radius 3 is 2.79 bits per heavy atom. The van der Waals surface area contributed by atoms with Gasteiger partial charge < -0.3 is 5.11 Å². The molecular formula is C10H10BrClO2. The average molecular weight is 278 g/mol. The Labute approximate surface area is 96.0 Å². The summed E-state index contributed by atoms with van der Waals surface area (Å²) in [7, 11) is 0. The minimum atomic E-state index is -0.0808. The molecule has 0 aromatic heterocycles. The Hall–Kier alpha value is -0.380. The number of rotatable bonds is 4. The Balaban J connectivity index is 2.94. The molecule has 0 saturated carbocycles. The Bertz CT molecular complexity index is 339. The first-order valence-electron chi connectivity index (χ1n) is 4.17. The van der Waals surface area contributed by atoms with Crippen LogP contribution in [-0.4, -0.2) is 16.8 Å². The SMILES string of the molecule is O=C(CCCl)c1ccc(Br)c(CO)c1. The molecule has 0 saturated heterocycles. The van der Waals surface area contributed by atoms with Crippen molar-refractivity contribution < 1.29 is 9.90 Å². The van der Waals surface area contributed by atoms with E-state index in [9.17, 15) is 4.79 Å². The second kappa shape index (κ2) is 5.49. The van der Waals surface area contributed by atoms with Crippen LogP contribution in [0.25, 0.3) is 0 Å². The number of hydrogen-bond acceptors (Lipinski definition) is 2. The molecule has 1 aromatic rings. The fourth-order valence-electron chi connectivity index (χ4n) is 1.10. The number of ketones is 1. The second-order valence-electron chi connectivity index (χ2n) is 2.83. The van der Waals surface area contributed by atoms with Crippen molar-refractivity contribution >= 4 is 33.3 Å². The van der Waals surface area contributed by atoms with Crippen LogP contribution in [0.15, 0.2) is 22.7 Å². The number of alkyl halides is 1. The van der Waals surface area contributed by atoms with Crippen LogP contribution < -0.4 is 0 Å². The van der Waals surface area contributed by atoms with Crippen molar-refractivity contribution in [3.05, 3.63) is 33.8 Å². The van der Waals surface area contributed by atoms with Crippen LogP contribution in [0.2, 0.25) is 0 Å². The number of Topliss-reactive ketones (excluding diaryl/α,β-unsaturated/α-hetero) is 1. The normalized spacial score (nSPS) is 10.2. The molecule has 0 spiro atoms. The fourth-order valence-corrected chi connectivity index (χ4v) is 1.64. The number of halogens is 2. The van der Waals surface area contributed by atoms with Gasteiger partial charge in [0.2, 0.25) is 0 Å².